The molecule has 1 aromatic heterocycles. The fourth-order valence-electron chi connectivity index (χ4n) is 15.4. The number of alkyl carbamates (subject to hydrolysis) is 1. The van der Waals surface area contributed by atoms with Crippen molar-refractivity contribution in [1.29, 1.82) is 0 Å². The molecule has 5 aromatic rings. The van der Waals surface area contributed by atoms with E-state index in [1.807, 2.05) is 13.0 Å². The predicted molar refractivity (Wildman–Crippen MR) is 498 cm³/mol. The summed E-state index contributed by atoms with van der Waals surface area (Å²) in [4.78, 5) is 194. The van der Waals surface area contributed by atoms with Crippen molar-refractivity contribution in [2.45, 2.75) is 216 Å². The summed E-state index contributed by atoms with van der Waals surface area (Å²) in [6.07, 6.45) is -1.58. The molecule has 19 atom stereocenters. The number of epoxide rings is 1. The maximum atomic E-state index is 15.2. The molecule has 131 heavy (non-hydrogen) atoms. The quantitative estimate of drug-likeness (QED) is 0.00981. The highest BCUT2D eigenvalue weighted by Crippen LogP contribution is 2.52. The number of fused-ring (bicyclic) bond motifs is 6. The smallest absolute Gasteiger partial charge is 0.409 e. The Balaban J connectivity index is 0.890. The lowest BCUT2D eigenvalue weighted by Gasteiger charge is -2.42. The first-order valence-corrected chi connectivity index (χ1v) is 48.8. The molecule has 4 aliphatic heterocycles. The molecule has 13 amide bonds. The second kappa shape index (κ2) is 49.6. The number of halogens is 1. The minimum absolute atomic E-state index is 0.0367. The van der Waals surface area contributed by atoms with Crippen molar-refractivity contribution in [1.82, 2.24) is 68.4 Å². The van der Waals surface area contributed by atoms with E-state index in [1.165, 1.54) is 97.7 Å². The fraction of sp³-hybridized carbons (Fsp3) is 0.539. The number of phenolic OH excluding ortho intramolecular Hbond substituents is 1. The fourth-order valence-corrected chi connectivity index (χ4v) is 20.0. The second-order valence-electron chi connectivity index (χ2n) is 33.2. The number of aromatic nitrogens is 1. The summed E-state index contributed by atoms with van der Waals surface area (Å²) >= 11 is 6.88. The van der Waals surface area contributed by atoms with Crippen molar-refractivity contribution in [3.05, 3.63) is 137 Å². The van der Waals surface area contributed by atoms with E-state index >= 15 is 14.4 Å². The molecule has 4 aliphatic rings. The van der Waals surface area contributed by atoms with Crippen LogP contribution in [0.2, 0.25) is 5.02 Å². The molecule has 5 heterocycles. The maximum Gasteiger partial charge on any atom is 0.409 e. The number of anilines is 1. The van der Waals surface area contributed by atoms with Gasteiger partial charge in [-0.05, 0) is 125 Å². The largest absolute Gasteiger partial charge is 0.508 e. The summed E-state index contributed by atoms with van der Waals surface area (Å²) in [7, 11) is 10.1. The standard InChI is InChI=1S/C89H122ClN15O22S4/c1-12-92-86(120)100-63(39-54-22-14-13-15-23-54)79(113)98-65-46-130-131-47-66(99-84(118)75(53(7)107)102-77(111)61(26-18-19-33-91)95-80(114)64(43-57-45-94-60-25-17-16-24-59(57)60)97-78(112)62(96-81(65)115)40-55-28-30-58(108)31-29-55)82(116)101-74(52(6)106)83(117)93-34-36-129-128-35-32-71(109)104(8)51(5)85(119)127-89-49(3)38-72(110)105(9)67-41-56(42-68(123-10)73(67)90)37-48(2)21-20-27-70(124-11)88(122)44-69(125-87(121)103-88)50(4)76(89)126-89/h13-17,20,22-25,27-31,41-42,45,48-53,61-66,69-70,74-76,94,106-108,122H,12,18-19,21,26,32-40,43-44,46-47,91H2,1-11H3,(H,93,117)(H,95,114)(H,96,115)(H,97,112)(H,98,113)(H,99,118)(H,101,116)(H,102,111)(H,103,121)(H2,92,100,120)/b27-20+/t48?,49-,50+,51-,52+,53+,61-,62-,63+,64+,65-,66-,69-,70+,74-,75-,76-,88-,89+/m0/s1. The first kappa shape index (κ1) is 105. The van der Waals surface area contributed by atoms with Crippen LogP contribution in [0.25, 0.3) is 10.9 Å². The van der Waals surface area contributed by atoms with Gasteiger partial charge >= 0.3 is 18.1 Å². The van der Waals surface area contributed by atoms with Crippen LogP contribution in [0.5, 0.6) is 11.5 Å². The lowest BCUT2D eigenvalue weighted by molar-refractivity contribution is -0.173. The number of esters is 1. The number of benzene rings is 4. The number of methoxy groups -OCH3 is 2. The van der Waals surface area contributed by atoms with E-state index in [1.54, 1.807) is 107 Å². The van der Waals surface area contributed by atoms with E-state index in [9.17, 15) is 68.4 Å². The number of nitrogens with one attached hydrogen (secondary N) is 12. The van der Waals surface area contributed by atoms with Crippen molar-refractivity contribution in [2.75, 3.05) is 75.9 Å². The number of rotatable bonds is 31. The van der Waals surface area contributed by atoms with Crippen LogP contribution in [0, 0.1) is 17.8 Å². The van der Waals surface area contributed by atoms with Crippen LogP contribution < -0.4 is 73.9 Å². The van der Waals surface area contributed by atoms with E-state index < -0.39 is 191 Å². The molecule has 4 bridgehead atoms. The summed E-state index contributed by atoms with van der Waals surface area (Å²) in [5, 5.41) is 75.0. The summed E-state index contributed by atoms with van der Waals surface area (Å²) in [5.74, 6) is -13.0. The van der Waals surface area contributed by atoms with E-state index in [4.69, 9.17) is 41.0 Å². The summed E-state index contributed by atoms with van der Waals surface area (Å²) in [5.41, 5.74) is 7.43. The third kappa shape index (κ3) is 29.2. The number of nitrogens with two attached hydrogens (primary N) is 1. The molecular weight excluding hydrogens is 1790 g/mol. The number of amides is 13. The van der Waals surface area contributed by atoms with Crippen LogP contribution in [0.4, 0.5) is 15.3 Å². The Bertz CT molecular complexity index is 4830. The Morgan fingerprint density at radius 1 is 0.779 bits per heavy atom. The third-order valence-electron chi connectivity index (χ3n) is 23.2. The average Bonchev–Trinajstić information content (AvgIpc) is 1.56. The van der Waals surface area contributed by atoms with Crippen LogP contribution in [0.15, 0.2) is 109 Å². The number of nitrogens with zero attached hydrogens (tertiary/aromatic N) is 2. The number of likely N-dealkylation sites (N-methyl/N-ethyl adjacent to an activating group) is 1. The van der Waals surface area contributed by atoms with Gasteiger partial charge in [0.2, 0.25) is 64.9 Å². The molecule has 0 aliphatic carbocycles. The number of phenols is 1. The molecular formula is C89H122ClN15O22S4. The molecule has 0 spiro atoms. The highest BCUT2D eigenvalue weighted by Gasteiger charge is 2.68. The second-order valence-corrected chi connectivity index (χ2v) is 38.8. The Morgan fingerprint density at radius 3 is 2.14 bits per heavy atom. The number of aliphatic hydroxyl groups excluding tert-OH is 2. The van der Waals surface area contributed by atoms with Gasteiger partial charge in [-0.2, -0.15) is 0 Å². The molecule has 1 unspecified atom stereocenters. The van der Waals surface area contributed by atoms with Crippen LogP contribution in [-0.4, -0.2) is 275 Å². The van der Waals surface area contributed by atoms with Gasteiger partial charge in [0.25, 0.3) is 0 Å². The van der Waals surface area contributed by atoms with Crippen molar-refractivity contribution in [2.24, 2.45) is 23.5 Å². The Labute approximate surface area is 781 Å². The van der Waals surface area contributed by atoms with Gasteiger partial charge in [-0.1, -0.05) is 148 Å². The molecule has 18 N–H and O–H groups in total. The van der Waals surface area contributed by atoms with Gasteiger partial charge in [0.15, 0.2) is 5.72 Å². The zero-order chi connectivity index (χ0) is 95.6. The normalized spacial score (nSPS) is 25.8. The van der Waals surface area contributed by atoms with Gasteiger partial charge in [-0.25, -0.2) is 14.4 Å². The maximum absolute atomic E-state index is 15.2. The number of carbonyl (C=O) groups is 13. The number of H-pyrrole nitrogens is 1. The number of allylic oxidation sites excluding steroid dienone is 1. The topological polar surface area (TPSA) is 533 Å². The van der Waals surface area contributed by atoms with Gasteiger partial charge in [0, 0.05) is 125 Å². The minimum atomic E-state index is -1.96. The Hall–Kier alpha value is -10.1. The lowest BCUT2D eigenvalue weighted by Crippen LogP contribution is -2.63. The highest BCUT2D eigenvalue weighted by molar-refractivity contribution is 8.77. The molecule has 9 rings (SSSR count). The van der Waals surface area contributed by atoms with Crippen molar-refractivity contribution in [3.63, 3.8) is 0 Å². The number of unbranched alkanes of at least 4 members (excludes halogenated alkanes) is 1. The summed E-state index contributed by atoms with van der Waals surface area (Å²) < 4.78 is 29.8. The number of urea groups is 1. The van der Waals surface area contributed by atoms with E-state index in [-0.39, 0.29) is 105 Å². The SMILES string of the molecule is CCNC(=O)N[C@H](Cc1ccccc1)C(=O)N[C@H]1CSSC[C@@H](C(=O)N[C@H](C(=O)NCCSSCCC(=O)N(C)[C@@H](C)C(=O)O[C@@]23O[C@H]2[C@H](C)[C@@H]2C[C@@](O)(NC(=O)O2)[C@H](OC)/C=C/CC(C)Cc2cc(OC)c(Cl)c(c2)N(C)C(=O)C[C@@H]3C)[C@@H](C)O)NC(=O)[C@H]([C@@H](C)O)NC(=O)[C@H](CCCCN)NC(=O)[C@@H](Cc2c[nH]c3ccccc23)NC(=O)[C@H](Cc2ccc(O)cc2)NC1=O. The van der Waals surface area contributed by atoms with Gasteiger partial charge in [-0.15, -0.1) is 0 Å². The molecule has 716 valence electrons. The van der Waals surface area contributed by atoms with Crippen molar-refractivity contribution < 1.29 is 106 Å². The minimum Gasteiger partial charge on any atom is -0.508 e. The number of ether oxygens (including phenoxy) is 5. The first-order valence-electron chi connectivity index (χ1n) is 43.5. The van der Waals surface area contributed by atoms with Crippen LogP contribution >= 0.6 is 54.8 Å². The Morgan fingerprint density at radius 2 is 1.45 bits per heavy atom. The van der Waals surface area contributed by atoms with E-state index in [2.05, 4.69) is 63.5 Å². The zero-order valence-electron chi connectivity index (χ0n) is 75.1. The van der Waals surface area contributed by atoms with Crippen molar-refractivity contribution >= 4 is 149 Å². The van der Waals surface area contributed by atoms with Crippen LogP contribution in [0.3, 0.4) is 0 Å². The number of hydrogen-bond donors (Lipinski definition) is 17. The summed E-state index contributed by atoms with van der Waals surface area (Å²) in [6.45, 7) is 11.3. The predicted octanol–water partition coefficient (Wildman–Crippen LogP) is 3.97. The zero-order valence-corrected chi connectivity index (χ0v) is 79.1. The van der Waals surface area contributed by atoms with Gasteiger partial charge in [0.1, 0.15) is 89.2 Å². The highest BCUT2D eigenvalue weighted by atomic mass is 35.5. The summed E-state index contributed by atoms with van der Waals surface area (Å²) in [6, 6.07) is 10.6. The molecule has 37 nitrogen and oxygen atoms in total. The molecule has 0 saturated carbocycles. The van der Waals surface area contributed by atoms with E-state index in [0.717, 1.165) is 27.2 Å². The molecule has 4 aromatic carbocycles. The molecule has 42 heteroatoms. The van der Waals surface area contributed by atoms with Crippen LogP contribution in [0.1, 0.15) is 116 Å². The first-order chi connectivity index (χ1) is 62.4. The third-order valence-corrected chi connectivity index (χ3v) is 28.4. The molecule has 0 radical (unpaired) electrons. The van der Waals surface area contributed by atoms with Crippen molar-refractivity contribution in [3.8, 4) is 11.5 Å². The van der Waals surface area contributed by atoms with Gasteiger partial charge in [-0.3, -0.25) is 53.3 Å². The number of para-hydroxylation sites is 1. The van der Waals surface area contributed by atoms with Gasteiger partial charge in [0.05, 0.1) is 25.0 Å². The average molecular weight is 1920 g/mol. The Kier molecular flexibility index (Phi) is 39.6. The number of hydrogen-bond acceptors (Lipinski definition) is 27. The molecule has 3 fully saturated rings. The number of aliphatic hydroxyl groups is 3. The lowest BCUT2D eigenvalue weighted by atomic mass is 9.84. The number of carbonyl (C=O) groups excluding carboxylic acids is 13. The van der Waals surface area contributed by atoms with Gasteiger partial charge < -0.3 is 118 Å². The monoisotopic (exact) mass is 1920 g/mol. The van der Waals surface area contributed by atoms with Crippen LogP contribution in [-0.2, 0) is 97.4 Å². The van der Waals surface area contributed by atoms with E-state index in [0.29, 0.717) is 58.3 Å². The molecule has 3 saturated heterocycles. The number of aromatic amines is 1. The number of aromatic hydroxyl groups is 1.